The molecule has 90 valence electrons. The third kappa shape index (κ3) is 5.53. The van der Waals surface area contributed by atoms with Crippen LogP contribution in [-0.2, 0) is 0 Å². The SMILES string of the molecule is CCCCCN1CCC(CCNC)CC1. The van der Waals surface area contributed by atoms with E-state index in [0.717, 1.165) is 5.92 Å². The number of hydrogen-bond donors (Lipinski definition) is 1. The van der Waals surface area contributed by atoms with Gasteiger partial charge in [-0.2, -0.15) is 0 Å². The largest absolute Gasteiger partial charge is 0.320 e. The van der Waals surface area contributed by atoms with Crippen LogP contribution in [0.15, 0.2) is 0 Å². The summed E-state index contributed by atoms with van der Waals surface area (Å²) >= 11 is 0. The lowest BCUT2D eigenvalue weighted by Crippen LogP contribution is -2.35. The fourth-order valence-corrected chi connectivity index (χ4v) is 2.43. The zero-order valence-corrected chi connectivity index (χ0v) is 10.6. The first kappa shape index (κ1) is 13.0. The van der Waals surface area contributed by atoms with Crippen LogP contribution in [0, 0.1) is 5.92 Å². The summed E-state index contributed by atoms with van der Waals surface area (Å²) in [7, 11) is 2.06. The Balaban J connectivity index is 2.02. The predicted octanol–water partition coefficient (Wildman–Crippen LogP) is 2.50. The van der Waals surface area contributed by atoms with Crippen LogP contribution in [-0.4, -0.2) is 38.1 Å². The number of nitrogens with zero attached hydrogens (tertiary/aromatic N) is 1. The maximum absolute atomic E-state index is 3.25. The lowest BCUT2D eigenvalue weighted by Gasteiger charge is -2.31. The molecule has 1 aliphatic heterocycles. The lowest BCUT2D eigenvalue weighted by atomic mass is 9.93. The number of likely N-dealkylation sites (tertiary alicyclic amines) is 1. The highest BCUT2D eigenvalue weighted by atomic mass is 15.1. The van der Waals surface area contributed by atoms with E-state index in [1.807, 2.05) is 0 Å². The minimum atomic E-state index is 0.986. The number of unbranched alkanes of at least 4 members (excludes halogenated alkanes) is 2. The lowest BCUT2D eigenvalue weighted by molar-refractivity contribution is 0.176. The Morgan fingerprint density at radius 1 is 1.20 bits per heavy atom. The van der Waals surface area contributed by atoms with Crippen molar-refractivity contribution in [1.29, 1.82) is 0 Å². The standard InChI is InChI=1S/C13H28N2/c1-3-4-5-10-15-11-7-13(8-12-15)6-9-14-2/h13-14H,3-12H2,1-2H3. The van der Waals surface area contributed by atoms with Crippen molar-refractivity contribution in [2.24, 2.45) is 5.92 Å². The summed E-state index contributed by atoms with van der Waals surface area (Å²) in [5, 5.41) is 3.25. The van der Waals surface area contributed by atoms with Crippen molar-refractivity contribution >= 4 is 0 Å². The monoisotopic (exact) mass is 212 g/mol. The Morgan fingerprint density at radius 3 is 2.53 bits per heavy atom. The molecule has 1 heterocycles. The van der Waals surface area contributed by atoms with E-state index in [9.17, 15) is 0 Å². The van der Waals surface area contributed by atoms with Crippen LogP contribution in [0.2, 0.25) is 0 Å². The second-order valence-electron chi connectivity index (χ2n) is 4.88. The second-order valence-corrected chi connectivity index (χ2v) is 4.88. The van der Waals surface area contributed by atoms with Gasteiger partial charge in [0.15, 0.2) is 0 Å². The van der Waals surface area contributed by atoms with Gasteiger partial charge in [-0.3, -0.25) is 0 Å². The summed E-state index contributed by atoms with van der Waals surface area (Å²) < 4.78 is 0. The normalized spacial score (nSPS) is 19.6. The van der Waals surface area contributed by atoms with Gasteiger partial charge in [-0.1, -0.05) is 19.8 Å². The second kappa shape index (κ2) is 8.12. The zero-order valence-electron chi connectivity index (χ0n) is 10.6. The summed E-state index contributed by atoms with van der Waals surface area (Å²) in [6.45, 7) is 7.51. The smallest absolute Gasteiger partial charge is 0.00161 e. The van der Waals surface area contributed by atoms with Gasteiger partial charge in [-0.15, -0.1) is 0 Å². The van der Waals surface area contributed by atoms with Gasteiger partial charge in [0.1, 0.15) is 0 Å². The average molecular weight is 212 g/mol. The van der Waals surface area contributed by atoms with Crippen LogP contribution >= 0.6 is 0 Å². The molecule has 2 heteroatoms. The number of rotatable bonds is 7. The van der Waals surface area contributed by atoms with Crippen LogP contribution in [0.25, 0.3) is 0 Å². The average Bonchev–Trinajstić information content (AvgIpc) is 2.28. The molecule has 0 aromatic heterocycles. The molecule has 1 N–H and O–H groups in total. The van der Waals surface area contributed by atoms with Crippen LogP contribution in [0.1, 0.15) is 45.4 Å². The summed E-state index contributed by atoms with van der Waals surface area (Å²) in [6.07, 6.45) is 8.37. The Labute approximate surface area is 95.4 Å². The minimum absolute atomic E-state index is 0.986. The highest BCUT2D eigenvalue weighted by molar-refractivity contribution is 4.72. The summed E-state index contributed by atoms with van der Waals surface area (Å²) in [5.74, 6) is 0.986. The van der Waals surface area contributed by atoms with Crippen molar-refractivity contribution < 1.29 is 0 Å². The molecule has 0 atom stereocenters. The molecule has 0 amide bonds. The van der Waals surface area contributed by atoms with Crippen molar-refractivity contribution in [3.05, 3.63) is 0 Å². The van der Waals surface area contributed by atoms with Crippen LogP contribution in [0.4, 0.5) is 0 Å². The van der Waals surface area contributed by atoms with Gasteiger partial charge in [0.2, 0.25) is 0 Å². The van der Waals surface area contributed by atoms with Crippen molar-refractivity contribution in [3.63, 3.8) is 0 Å². The first-order chi connectivity index (χ1) is 7.36. The molecule has 0 aromatic carbocycles. The maximum atomic E-state index is 3.25. The van der Waals surface area contributed by atoms with Crippen molar-refractivity contribution in [3.8, 4) is 0 Å². The summed E-state index contributed by atoms with van der Waals surface area (Å²) in [4.78, 5) is 2.66. The molecule has 0 spiro atoms. The van der Waals surface area contributed by atoms with E-state index in [1.165, 1.54) is 64.7 Å². The van der Waals surface area contributed by atoms with Crippen LogP contribution in [0.5, 0.6) is 0 Å². The van der Waals surface area contributed by atoms with Gasteiger partial charge in [0, 0.05) is 0 Å². The highest BCUT2D eigenvalue weighted by Crippen LogP contribution is 2.20. The molecular formula is C13H28N2. The first-order valence-corrected chi connectivity index (χ1v) is 6.73. The van der Waals surface area contributed by atoms with E-state index in [-0.39, 0.29) is 0 Å². The van der Waals surface area contributed by atoms with Crippen molar-refractivity contribution in [2.45, 2.75) is 45.4 Å². The van der Waals surface area contributed by atoms with Gasteiger partial charge >= 0.3 is 0 Å². The van der Waals surface area contributed by atoms with E-state index < -0.39 is 0 Å². The molecular weight excluding hydrogens is 184 g/mol. The number of nitrogens with one attached hydrogen (secondary N) is 1. The fraction of sp³-hybridized carbons (Fsp3) is 1.00. The Kier molecular flexibility index (Phi) is 7.03. The molecule has 0 aliphatic carbocycles. The molecule has 0 aromatic rings. The van der Waals surface area contributed by atoms with Gasteiger partial charge in [-0.05, 0) is 64.8 Å². The van der Waals surface area contributed by atoms with E-state index in [0.29, 0.717) is 0 Å². The number of hydrogen-bond acceptors (Lipinski definition) is 2. The zero-order chi connectivity index (χ0) is 10.9. The summed E-state index contributed by atoms with van der Waals surface area (Å²) in [5.41, 5.74) is 0. The Hall–Kier alpha value is -0.0800. The van der Waals surface area contributed by atoms with Gasteiger partial charge in [0.25, 0.3) is 0 Å². The molecule has 2 nitrogen and oxygen atoms in total. The van der Waals surface area contributed by atoms with Gasteiger partial charge < -0.3 is 10.2 Å². The van der Waals surface area contributed by atoms with Crippen molar-refractivity contribution in [2.75, 3.05) is 33.2 Å². The van der Waals surface area contributed by atoms with Crippen molar-refractivity contribution in [1.82, 2.24) is 10.2 Å². The van der Waals surface area contributed by atoms with E-state index in [2.05, 4.69) is 24.2 Å². The molecule has 1 fully saturated rings. The molecule has 0 saturated carbocycles. The van der Waals surface area contributed by atoms with Gasteiger partial charge in [0.05, 0.1) is 0 Å². The Bertz CT molecular complexity index is 139. The van der Waals surface area contributed by atoms with E-state index in [4.69, 9.17) is 0 Å². The molecule has 1 saturated heterocycles. The molecule has 1 aliphatic rings. The molecule has 1 rings (SSSR count). The molecule has 0 bridgehead atoms. The predicted molar refractivity (Wildman–Crippen MR) is 67.2 cm³/mol. The maximum Gasteiger partial charge on any atom is -0.00161 e. The van der Waals surface area contributed by atoms with Crippen LogP contribution in [0.3, 0.4) is 0 Å². The quantitative estimate of drug-likeness (QED) is 0.652. The summed E-state index contributed by atoms with van der Waals surface area (Å²) in [6, 6.07) is 0. The minimum Gasteiger partial charge on any atom is -0.320 e. The third-order valence-electron chi connectivity index (χ3n) is 3.59. The first-order valence-electron chi connectivity index (χ1n) is 6.73. The van der Waals surface area contributed by atoms with E-state index >= 15 is 0 Å². The fourth-order valence-electron chi connectivity index (χ4n) is 2.43. The third-order valence-corrected chi connectivity index (χ3v) is 3.59. The molecule has 15 heavy (non-hydrogen) atoms. The number of piperidine rings is 1. The Morgan fingerprint density at radius 2 is 1.93 bits per heavy atom. The van der Waals surface area contributed by atoms with Crippen LogP contribution < -0.4 is 5.32 Å². The topological polar surface area (TPSA) is 15.3 Å². The van der Waals surface area contributed by atoms with E-state index in [1.54, 1.807) is 0 Å². The molecule has 0 unspecified atom stereocenters. The highest BCUT2D eigenvalue weighted by Gasteiger charge is 2.17. The van der Waals surface area contributed by atoms with Gasteiger partial charge in [-0.25, -0.2) is 0 Å². The molecule has 0 radical (unpaired) electrons.